The van der Waals surface area contributed by atoms with Crippen LogP contribution in [-0.2, 0) is 6.54 Å². The summed E-state index contributed by atoms with van der Waals surface area (Å²) in [5.41, 5.74) is 0.891. The van der Waals surface area contributed by atoms with Gasteiger partial charge < -0.3 is 14.8 Å². The van der Waals surface area contributed by atoms with Crippen LogP contribution in [0, 0.1) is 11.6 Å². The number of nitrogens with one attached hydrogen (secondary N) is 1. The zero-order chi connectivity index (χ0) is 18.8. The predicted molar refractivity (Wildman–Crippen MR) is 99.0 cm³/mol. The summed E-state index contributed by atoms with van der Waals surface area (Å²) in [5.74, 6) is -1.96. The Kier molecular flexibility index (Phi) is 5.44. The van der Waals surface area contributed by atoms with E-state index in [2.05, 4.69) is 15.4 Å². The SMILES string of the molecule is COc1cc(OC)c(F)c(NCc2cnc3c(cnn3PC)c2Cl)c1F. The minimum Gasteiger partial charge on any atom is -0.493 e. The molecule has 138 valence electrons. The van der Waals surface area contributed by atoms with Gasteiger partial charge in [-0.05, 0) is 6.66 Å². The lowest BCUT2D eigenvalue weighted by Gasteiger charge is -2.14. The molecule has 10 heteroatoms. The lowest BCUT2D eigenvalue weighted by molar-refractivity contribution is 0.360. The highest BCUT2D eigenvalue weighted by atomic mass is 35.5. The second-order valence-corrected chi connectivity index (χ2v) is 6.50. The summed E-state index contributed by atoms with van der Waals surface area (Å²) in [6.07, 6.45) is 3.18. The van der Waals surface area contributed by atoms with Gasteiger partial charge in [-0.15, -0.1) is 0 Å². The molecular weight excluding hydrogens is 385 g/mol. The van der Waals surface area contributed by atoms with E-state index < -0.39 is 11.6 Å². The zero-order valence-corrected chi connectivity index (χ0v) is 16.0. The monoisotopic (exact) mass is 400 g/mol. The van der Waals surface area contributed by atoms with Crippen molar-refractivity contribution in [2.45, 2.75) is 6.54 Å². The van der Waals surface area contributed by atoms with Gasteiger partial charge in [-0.2, -0.15) is 5.10 Å². The first-order valence-corrected chi connectivity index (χ1v) is 9.37. The number of rotatable bonds is 6. The summed E-state index contributed by atoms with van der Waals surface area (Å²) < 4.78 is 40.4. The smallest absolute Gasteiger partial charge is 0.191 e. The van der Waals surface area contributed by atoms with E-state index in [4.69, 9.17) is 21.1 Å². The maximum absolute atomic E-state index is 14.4. The van der Waals surface area contributed by atoms with E-state index in [0.717, 1.165) is 6.07 Å². The van der Waals surface area contributed by atoms with Gasteiger partial charge in [-0.3, -0.25) is 0 Å². The van der Waals surface area contributed by atoms with E-state index in [1.807, 2.05) is 6.66 Å². The van der Waals surface area contributed by atoms with Gasteiger partial charge in [0.2, 0.25) is 0 Å². The van der Waals surface area contributed by atoms with Gasteiger partial charge in [-0.25, -0.2) is 18.2 Å². The molecule has 1 N–H and O–H groups in total. The second kappa shape index (κ2) is 7.60. The molecule has 1 unspecified atom stereocenters. The Labute approximate surface area is 155 Å². The first-order valence-electron chi connectivity index (χ1n) is 7.54. The Hall–Kier alpha value is -2.18. The van der Waals surface area contributed by atoms with E-state index in [1.165, 1.54) is 14.2 Å². The second-order valence-electron chi connectivity index (χ2n) is 5.25. The summed E-state index contributed by atoms with van der Waals surface area (Å²) in [6.45, 7) is 2.03. The summed E-state index contributed by atoms with van der Waals surface area (Å²) in [4.78, 5) is 4.34. The number of methoxy groups -OCH3 is 2. The molecule has 0 aliphatic heterocycles. The maximum atomic E-state index is 14.4. The van der Waals surface area contributed by atoms with Crippen molar-refractivity contribution in [2.75, 3.05) is 26.2 Å². The standard InChI is InChI=1S/C16H16ClF2N4O2P/c1-24-10-4-11(25-2)14(19)15(13(10)18)20-5-8-6-21-16-9(12(8)17)7-22-23(16)26-3/h4,6-7,20,26H,5H2,1-3H3. The first kappa shape index (κ1) is 18.6. The lowest BCUT2D eigenvalue weighted by Crippen LogP contribution is -2.07. The highest BCUT2D eigenvalue weighted by molar-refractivity contribution is 7.35. The van der Waals surface area contributed by atoms with Gasteiger partial charge in [0.05, 0.1) is 30.8 Å². The molecule has 0 saturated carbocycles. The fraction of sp³-hybridized carbons (Fsp3) is 0.250. The van der Waals surface area contributed by atoms with Crippen molar-refractivity contribution in [3.8, 4) is 11.5 Å². The van der Waals surface area contributed by atoms with Crippen molar-refractivity contribution in [3.05, 3.63) is 40.7 Å². The van der Waals surface area contributed by atoms with Crippen LogP contribution in [0.5, 0.6) is 11.5 Å². The summed E-state index contributed by atoms with van der Waals surface area (Å²) >= 11 is 6.41. The molecule has 0 bridgehead atoms. The Morgan fingerprint density at radius 2 is 1.85 bits per heavy atom. The van der Waals surface area contributed by atoms with Crippen LogP contribution in [0.1, 0.15) is 5.56 Å². The van der Waals surface area contributed by atoms with E-state index in [0.29, 0.717) is 30.4 Å². The van der Waals surface area contributed by atoms with Crippen molar-refractivity contribution in [1.82, 2.24) is 14.5 Å². The summed E-state index contributed by atoms with van der Waals surface area (Å²) in [5, 5.41) is 8.05. The van der Waals surface area contributed by atoms with Gasteiger partial charge in [0.25, 0.3) is 0 Å². The highest BCUT2D eigenvalue weighted by Gasteiger charge is 2.20. The van der Waals surface area contributed by atoms with Crippen molar-refractivity contribution in [3.63, 3.8) is 0 Å². The van der Waals surface area contributed by atoms with Crippen LogP contribution in [0.2, 0.25) is 5.02 Å². The van der Waals surface area contributed by atoms with Crippen LogP contribution < -0.4 is 14.8 Å². The summed E-state index contributed by atoms with van der Waals surface area (Å²) in [6, 6.07) is 1.15. The number of halogens is 3. The molecule has 3 aromatic rings. The van der Waals surface area contributed by atoms with Crippen LogP contribution in [0.3, 0.4) is 0 Å². The van der Waals surface area contributed by atoms with Gasteiger partial charge in [0.15, 0.2) is 28.8 Å². The molecule has 0 saturated heterocycles. The van der Waals surface area contributed by atoms with Crippen molar-refractivity contribution in [2.24, 2.45) is 0 Å². The quantitative estimate of drug-likeness (QED) is 0.632. The van der Waals surface area contributed by atoms with Crippen LogP contribution in [0.25, 0.3) is 11.0 Å². The maximum Gasteiger partial charge on any atom is 0.191 e. The average molecular weight is 401 g/mol. The normalized spacial score (nSPS) is 11.5. The van der Waals surface area contributed by atoms with Gasteiger partial charge in [0, 0.05) is 33.1 Å². The molecular formula is C16H16ClF2N4O2P. The van der Waals surface area contributed by atoms with E-state index in [-0.39, 0.29) is 23.7 Å². The van der Waals surface area contributed by atoms with E-state index in [9.17, 15) is 8.78 Å². The van der Waals surface area contributed by atoms with Gasteiger partial charge in [-0.1, -0.05) is 11.6 Å². The first-order chi connectivity index (χ1) is 12.5. The molecule has 3 rings (SSSR count). The molecule has 1 aromatic carbocycles. The van der Waals surface area contributed by atoms with E-state index in [1.54, 1.807) is 16.8 Å². The molecule has 2 heterocycles. The number of fused-ring (bicyclic) bond motifs is 1. The third-order valence-electron chi connectivity index (χ3n) is 3.85. The number of nitrogens with zero attached hydrogens (tertiary/aromatic N) is 3. The van der Waals surface area contributed by atoms with Gasteiger partial charge in [0.1, 0.15) is 5.69 Å². The van der Waals surface area contributed by atoms with Crippen molar-refractivity contribution >= 4 is 37.1 Å². The number of benzene rings is 1. The third-order valence-corrected chi connectivity index (χ3v) is 5.04. The Bertz CT molecular complexity index is 939. The molecule has 26 heavy (non-hydrogen) atoms. The number of hydrogen-bond acceptors (Lipinski definition) is 5. The number of anilines is 1. The number of pyridine rings is 1. The molecule has 0 aliphatic carbocycles. The molecule has 0 radical (unpaired) electrons. The third kappa shape index (κ3) is 3.15. The fourth-order valence-corrected chi connectivity index (χ4v) is 3.31. The average Bonchev–Trinajstić information content (AvgIpc) is 3.07. The van der Waals surface area contributed by atoms with Crippen LogP contribution >= 0.6 is 20.3 Å². The Morgan fingerprint density at radius 3 is 2.42 bits per heavy atom. The molecule has 0 spiro atoms. The molecule has 6 nitrogen and oxygen atoms in total. The van der Waals surface area contributed by atoms with Crippen LogP contribution in [0.15, 0.2) is 18.5 Å². The van der Waals surface area contributed by atoms with Crippen molar-refractivity contribution in [1.29, 1.82) is 0 Å². The molecule has 0 aliphatic rings. The van der Waals surface area contributed by atoms with Crippen LogP contribution in [0.4, 0.5) is 14.5 Å². The largest absolute Gasteiger partial charge is 0.493 e. The fourth-order valence-electron chi connectivity index (χ4n) is 2.50. The van der Waals surface area contributed by atoms with Gasteiger partial charge >= 0.3 is 0 Å². The molecule has 0 fully saturated rings. The minimum absolute atomic E-state index is 0.0610. The lowest BCUT2D eigenvalue weighted by atomic mass is 10.2. The molecule has 1 atom stereocenters. The predicted octanol–water partition coefficient (Wildman–Crippen LogP) is 4.06. The highest BCUT2D eigenvalue weighted by Crippen LogP contribution is 2.35. The number of hydrogen-bond donors (Lipinski definition) is 1. The van der Waals surface area contributed by atoms with Crippen molar-refractivity contribution < 1.29 is 18.3 Å². The zero-order valence-electron chi connectivity index (χ0n) is 14.2. The van der Waals surface area contributed by atoms with E-state index >= 15 is 0 Å². The topological polar surface area (TPSA) is 61.2 Å². The Balaban J connectivity index is 1.94. The van der Waals surface area contributed by atoms with Crippen LogP contribution in [-0.4, -0.2) is 35.4 Å². The molecule has 0 amide bonds. The minimum atomic E-state index is -0.851. The summed E-state index contributed by atoms with van der Waals surface area (Å²) in [7, 11) is 3.00. The molecule has 2 aromatic heterocycles. The Morgan fingerprint density at radius 1 is 1.19 bits per heavy atom. The number of aromatic nitrogens is 3. The number of ether oxygens (including phenoxy) is 2.